The number of aromatic nitrogens is 2. The van der Waals surface area contributed by atoms with Crippen LogP contribution in [0.2, 0.25) is 0 Å². The van der Waals surface area contributed by atoms with Crippen LogP contribution in [0.3, 0.4) is 0 Å². The minimum absolute atomic E-state index is 0.0871. The van der Waals surface area contributed by atoms with Gasteiger partial charge >= 0.3 is 5.97 Å². The second kappa shape index (κ2) is 5.75. The van der Waals surface area contributed by atoms with E-state index in [0.29, 0.717) is 11.5 Å². The summed E-state index contributed by atoms with van der Waals surface area (Å²) in [6.45, 7) is 2.64. The number of rotatable bonds is 3. The van der Waals surface area contributed by atoms with Crippen LogP contribution in [0.1, 0.15) is 23.1 Å². The fourth-order valence-corrected chi connectivity index (χ4v) is 3.34. The molecule has 0 saturated carbocycles. The normalized spacial score (nSPS) is 20.4. The highest BCUT2D eigenvalue weighted by Gasteiger charge is 2.24. The Balaban J connectivity index is 2.33. The molecular formula is C12H17N3O3S. The van der Waals surface area contributed by atoms with Gasteiger partial charge in [-0.25, -0.2) is 4.98 Å². The molecule has 2 rings (SSSR count). The first-order valence-electron chi connectivity index (χ1n) is 6.08. The lowest BCUT2D eigenvalue weighted by Gasteiger charge is -2.31. The van der Waals surface area contributed by atoms with Gasteiger partial charge < -0.3 is 10.1 Å². The zero-order valence-electron chi connectivity index (χ0n) is 11.0. The Morgan fingerprint density at radius 2 is 2.37 bits per heavy atom. The molecule has 6 nitrogen and oxygen atoms in total. The van der Waals surface area contributed by atoms with Crippen molar-refractivity contribution in [2.24, 2.45) is 0 Å². The van der Waals surface area contributed by atoms with Gasteiger partial charge in [0, 0.05) is 29.3 Å². The fraction of sp³-hybridized carbons (Fsp3) is 0.583. The molecule has 19 heavy (non-hydrogen) atoms. The van der Waals surface area contributed by atoms with Crippen molar-refractivity contribution in [1.82, 2.24) is 14.9 Å². The fourth-order valence-electron chi connectivity index (χ4n) is 2.12. The molecule has 0 bridgehead atoms. The molecule has 1 atom stereocenters. The zero-order valence-corrected chi connectivity index (χ0v) is 11.8. The maximum atomic E-state index is 12.0. The minimum atomic E-state index is -1.02. The summed E-state index contributed by atoms with van der Waals surface area (Å²) in [7, 11) is 2.00. The summed E-state index contributed by atoms with van der Waals surface area (Å²) in [6, 6.07) is 0.0871. The van der Waals surface area contributed by atoms with Crippen LogP contribution in [0.4, 0.5) is 0 Å². The average Bonchev–Trinajstić information content (AvgIpc) is 2.34. The number of nitrogens with zero attached hydrogens (tertiary/aromatic N) is 2. The number of aliphatic carboxylic acids is 1. The van der Waals surface area contributed by atoms with Gasteiger partial charge in [0.25, 0.3) is 5.56 Å². The predicted octanol–water partition coefficient (Wildman–Crippen LogP) is 0.425. The summed E-state index contributed by atoms with van der Waals surface area (Å²) in [5.74, 6) is 1.57. The van der Waals surface area contributed by atoms with Crippen molar-refractivity contribution < 1.29 is 9.90 Å². The van der Waals surface area contributed by atoms with E-state index < -0.39 is 5.97 Å². The maximum Gasteiger partial charge on any atom is 0.308 e. The highest BCUT2D eigenvalue weighted by atomic mass is 32.2. The van der Waals surface area contributed by atoms with Crippen LogP contribution < -0.4 is 5.56 Å². The van der Waals surface area contributed by atoms with Crippen molar-refractivity contribution in [3.8, 4) is 0 Å². The van der Waals surface area contributed by atoms with E-state index in [9.17, 15) is 9.59 Å². The number of carbonyl (C=O) groups is 1. The zero-order chi connectivity index (χ0) is 14.0. The molecule has 1 saturated heterocycles. The second-order valence-corrected chi connectivity index (χ2v) is 5.81. The third kappa shape index (κ3) is 3.16. The molecule has 0 aliphatic carbocycles. The number of thioether (sulfide) groups is 1. The highest BCUT2D eigenvalue weighted by Crippen LogP contribution is 2.25. The molecule has 0 amide bonds. The monoisotopic (exact) mass is 283 g/mol. The Bertz CT molecular complexity index is 544. The summed E-state index contributed by atoms with van der Waals surface area (Å²) in [6.07, 6.45) is -0.288. The van der Waals surface area contributed by atoms with Crippen LogP contribution in [0.25, 0.3) is 0 Å². The molecule has 7 heteroatoms. The molecule has 1 aromatic rings. The molecular weight excluding hydrogens is 266 g/mol. The molecule has 0 spiro atoms. The molecule has 1 aliphatic rings. The van der Waals surface area contributed by atoms with Gasteiger partial charge in [-0.1, -0.05) is 0 Å². The Labute approximate surface area is 115 Å². The molecule has 2 N–H and O–H groups in total. The maximum absolute atomic E-state index is 12.0. The number of hydrogen-bond acceptors (Lipinski definition) is 5. The molecule has 104 valence electrons. The Morgan fingerprint density at radius 1 is 1.63 bits per heavy atom. The van der Waals surface area contributed by atoms with Gasteiger partial charge in [-0.15, -0.1) is 0 Å². The number of aryl methyl sites for hydroxylation is 1. The first kappa shape index (κ1) is 14.1. The Morgan fingerprint density at radius 3 is 2.95 bits per heavy atom. The summed E-state index contributed by atoms with van der Waals surface area (Å²) in [4.78, 5) is 32.0. The first-order valence-corrected chi connectivity index (χ1v) is 7.24. The predicted molar refractivity (Wildman–Crippen MR) is 73.6 cm³/mol. The van der Waals surface area contributed by atoms with Gasteiger partial charge in [0.15, 0.2) is 0 Å². The van der Waals surface area contributed by atoms with Crippen LogP contribution in [-0.2, 0) is 11.2 Å². The molecule has 1 fully saturated rings. The summed E-state index contributed by atoms with van der Waals surface area (Å²) in [5.41, 5.74) is 0.404. The van der Waals surface area contributed by atoms with Crippen molar-refractivity contribution in [3.05, 3.63) is 27.4 Å². The third-order valence-corrected chi connectivity index (χ3v) is 4.30. The number of aromatic amines is 1. The van der Waals surface area contributed by atoms with Gasteiger partial charge in [-0.3, -0.25) is 14.5 Å². The minimum Gasteiger partial charge on any atom is -0.481 e. The lowest BCUT2D eigenvalue weighted by Crippen LogP contribution is -2.35. The second-order valence-electron chi connectivity index (χ2n) is 4.66. The van der Waals surface area contributed by atoms with E-state index >= 15 is 0 Å². The quantitative estimate of drug-likeness (QED) is 0.836. The number of carboxylic acids is 1. The van der Waals surface area contributed by atoms with E-state index in [0.717, 1.165) is 18.1 Å². The van der Waals surface area contributed by atoms with E-state index in [-0.39, 0.29) is 23.6 Å². The molecule has 1 aliphatic heterocycles. The lowest BCUT2D eigenvalue weighted by molar-refractivity contribution is -0.136. The van der Waals surface area contributed by atoms with Gasteiger partial charge in [0.2, 0.25) is 0 Å². The number of carboxylic acid groups (broad SMARTS) is 1. The molecule has 0 aromatic carbocycles. The summed E-state index contributed by atoms with van der Waals surface area (Å²) >= 11 is 1.83. The van der Waals surface area contributed by atoms with E-state index in [4.69, 9.17) is 5.11 Å². The van der Waals surface area contributed by atoms with Crippen molar-refractivity contribution in [3.63, 3.8) is 0 Å². The van der Waals surface area contributed by atoms with Crippen LogP contribution in [-0.4, -0.2) is 51.0 Å². The van der Waals surface area contributed by atoms with Crippen molar-refractivity contribution in [2.45, 2.75) is 19.4 Å². The lowest BCUT2D eigenvalue weighted by atomic mass is 10.1. The number of H-pyrrole nitrogens is 1. The van der Waals surface area contributed by atoms with E-state index in [1.165, 1.54) is 0 Å². The van der Waals surface area contributed by atoms with Crippen molar-refractivity contribution in [2.75, 3.05) is 25.1 Å². The topological polar surface area (TPSA) is 86.3 Å². The van der Waals surface area contributed by atoms with E-state index in [1.807, 2.05) is 18.8 Å². The SMILES string of the molecule is Cc1nc(C2CSCCN2C)[nH]c(=O)c1CC(=O)O. The molecule has 2 heterocycles. The largest absolute Gasteiger partial charge is 0.481 e. The number of nitrogens with one attached hydrogen (secondary N) is 1. The Kier molecular flexibility index (Phi) is 4.26. The Hall–Kier alpha value is -1.34. The van der Waals surface area contributed by atoms with Gasteiger partial charge in [-0.05, 0) is 14.0 Å². The first-order chi connectivity index (χ1) is 8.99. The van der Waals surface area contributed by atoms with Crippen LogP contribution in [0.15, 0.2) is 4.79 Å². The van der Waals surface area contributed by atoms with Crippen molar-refractivity contribution in [1.29, 1.82) is 0 Å². The van der Waals surface area contributed by atoms with Crippen molar-refractivity contribution >= 4 is 17.7 Å². The van der Waals surface area contributed by atoms with Crippen LogP contribution in [0, 0.1) is 6.92 Å². The number of hydrogen-bond donors (Lipinski definition) is 2. The van der Waals surface area contributed by atoms with Crippen LogP contribution >= 0.6 is 11.8 Å². The van der Waals surface area contributed by atoms with E-state index in [2.05, 4.69) is 14.9 Å². The summed E-state index contributed by atoms with van der Waals surface area (Å²) < 4.78 is 0. The average molecular weight is 283 g/mol. The standard InChI is InChI=1S/C12H17N3O3S/c1-7-8(5-10(16)17)12(18)14-11(13-7)9-6-19-4-3-15(9)2/h9H,3-6H2,1-2H3,(H,16,17)(H,13,14,18). The smallest absolute Gasteiger partial charge is 0.308 e. The van der Waals surface area contributed by atoms with Gasteiger partial charge in [-0.2, -0.15) is 11.8 Å². The van der Waals surface area contributed by atoms with Gasteiger partial charge in [0.05, 0.1) is 12.5 Å². The van der Waals surface area contributed by atoms with E-state index in [1.54, 1.807) is 6.92 Å². The molecule has 1 unspecified atom stereocenters. The summed E-state index contributed by atoms with van der Waals surface area (Å²) in [5, 5.41) is 8.78. The van der Waals surface area contributed by atoms with Crippen LogP contribution in [0.5, 0.6) is 0 Å². The molecule has 0 radical (unpaired) electrons. The highest BCUT2D eigenvalue weighted by molar-refractivity contribution is 7.99. The third-order valence-electron chi connectivity index (χ3n) is 3.28. The van der Waals surface area contributed by atoms with Gasteiger partial charge in [0.1, 0.15) is 5.82 Å². The molecule has 1 aromatic heterocycles.